The van der Waals surface area contributed by atoms with E-state index < -0.39 is 0 Å². The smallest absolute Gasteiger partial charge is 0.276 e. The minimum atomic E-state index is -0.336. The molecule has 0 aliphatic carbocycles. The minimum Gasteiger partial charge on any atom is -0.369 e. The average Bonchev–Trinajstić information content (AvgIpc) is 2.56. The van der Waals surface area contributed by atoms with E-state index >= 15 is 0 Å². The maximum absolute atomic E-state index is 12.0. The Hall–Kier alpha value is -2.94. The lowest BCUT2D eigenvalue weighted by atomic mass is 10.2. The van der Waals surface area contributed by atoms with Crippen molar-refractivity contribution in [3.05, 3.63) is 47.7 Å². The number of amides is 1. The number of aromatic nitrogens is 2. The van der Waals surface area contributed by atoms with Crippen molar-refractivity contribution in [1.82, 2.24) is 10.2 Å². The number of hydrogen-bond acceptors (Lipinski definition) is 5. The number of nitriles is 1. The predicted molar refractivity (Wildman–Crippen MR) is 84.5 cm³/mol. The lowest BCUT2D eigenvalue weighted by Crippen LogP contribution is -2.15. The molecular formula is C16H17N5O. The van der Waals surface area contributed by atoms with Crippen LogP contribution in [-0.4, -0.2) is 22.6 Å². The lowest BCUT2D eigenvalue weighted by Gasteiger charge is -2.06. The highest BCUT2D eigenvalue weighted by atomic mass is 16.1. The van der Waals surface area contributed by atoms with Gasteiger partial charge in [-0.25, -0.2) is 0 Å². The van der Waals surface area contributed by atoms with Crippen LogP contribution in [0, 0.1) is 11.3 Å². The van der Waals surface area contributed by atoms with Crippen molar-refractivity contribution in [2.24, 2.45) is 0 Å². The standard InChI is InChI=1S/C16H17N5O/c1-2-3-10-18-15-9-8-14(20-21-15)16(22)19-13-6-4-12(11-17)5-7-13/h4-9H,2-3,10H2,1H3,(H,18,21)(H,19,22). The molecule has 0 radical (unpaired) electrons. The molecule has 0 saturated heterocycles. The highest BCUT2D eigenvalue weighted by molar-refractivity contribution is 6.02. The van der Waals surface area contributed by atoms with Gasteiger partial charge in [0.15, 0.2) is 5.69 Å². The largest absolute Gasteiger partial charge is 0.369 e. The van der Waals surface area contributed by atoms with Crippen LogP contribution in [0.4, 0.5) is 11.5 Å². The molecule has 2 rings (SSSR count). The number of unbranched alkanes of at least 4 members (excludes halogenated alkanes) is 1. The van der Waals surface area contributed by atoms with Gasteiger partial charge < -0.3 is 10.6 Å². The molecule has 2 aromatic rings. The summed E-state index contributed by atoms with van der Waals surface area (Å²) in [7, 11) is 0. The highest BCUT2D eigenvalue weighted by Crippen LogP contribution is 2.10. The summed E-state index contributed by atoms with van der Waals surface area (Å²) in [5, 5.41) is 22.5. The van der Waals surface area contributed by atoms with Gasteiger partial charge in [0.2, 0.25) is 0 Å². The fraction of sp³-hybridized carbons (Fsp3) is 0.250. The van der Waals surface area contributed by atoms with Gasteiger partial charge in [0, 0.05) is 12.2 Å². The Balaban J connectivity index is 1.95. The van der Waals surface area contributed by atoms with Gasteiger partial charge in [0.05, 0.1) is 11.6 Å². The summed E-state index contributed by atoms with van der Waals surface area (Å²) in [6, 6.07) is 12.0. The summed E-state index contributed by atoms with van der Waals surface area (Å²) < 4.78 is 0. The molecule has 1 heterocycles. The topological polar surface area (TPSA) is 90.7 Å². The molecule has 1 amide bonds. The van der Waals surface area contributed by atoms with Crippen LogP contribution >= 0.6 is 0 Å². The number of rotatable bonds is 6. The Morgan fingerprint density at radius 1 is 1.18 bits per heavy atom. The molecule has 0 bridgehead atoms. The third-order valence-electron chi connectivity index (χ3n) is 3.01. The molecule has 0 saturated carbocycles. The summed E-state index contributed by atoms with van der Waals surface area (Å²) in [6.45, 7) is 2.95. The Bertz CT molecular complexity index is 658. The summed E-state index contributed by atoms with van der Waals surface area (Å²) in [6.07, 6.45) is 2.16. The number of anilines is 2. The first kappa shape index (κ1) is 15.4. The van der Waals surface area contributed by atoms with Gasteiger partial charge in [-0.2, -0.15) is 5.26 Å². The molecule has 0 fully saturated rings. The second-order valence-corrected chi connectivity index (χ2v) is 4.73. The Kier molecular flexibility index (Phi) is 5.44. The number of carbonyl (C=O) groups excluding carboxylic acids is 1. The number of hydrogen-bond donors (Lipinski definition) is 2. The summed E-state index contributed by atoms with van der Waals surface area (Å²) in [4.78, 5) is 12.0. The summed E-state index contributed by atoms with van der Waals surface area (Å²) >= 11 is 0. The second-order valence-electron chi connectivity index (χ2n) is 4.73. The molecule has 6 heteroatoms. The molecule has 22 heavy (non-hydrogen) atoms. The zero-order valence-electron chi connectivity index (χ0n) is 12.3. The zero-order chi connectivity index (χ0) is 15.8. The van der Waals surface area contributed by atoms with E-state index in [-0.39, 0.29) is 11.6 Å². The van der Waals surface area contributed by atoms with Crippen LogP contribution in [0.3, 0.4) is 0 Å². The van der Waals surface area contributed by atoms with Crippen molar-refractivity contribution < 1.29 is 4.79 Å². The van der Waals surface area contributed by atoms with Gasteiger partial charge in [-0.1, -0.05) is 13.3 Å². The van der Waals surface area contributed by atoms with E-state index in [1.165, 1.54) is 0 Å². The molecule has 0 aliphatic heterocycles. The number of nitrogens with zero attached hydrogens (tertiary/aromatic N) is 3. The van der Waals surface area contributed by atoms with Crippen molar-refractivity contribution in [2.45, 2.75) is 19.8 Å². The lowest BCUT2D eigenvalue weighted by molar-refractivity contribution is 0.102. The Morgan fingerprint density at radius 2 is 1.95 bits per heavy atom. The molecule has 0 atom stereocenters. The van der Waals surface area contributed by atoms with E-state index in [9.17, 15) is 4.79 Å². The maximum atomic E-state index is 12.0. The quantitative estimate of drug-likeness (QED) is 0.800. The molecular weight excluding hydrogens is 278 g/mol. The molecule has 0 spiro atoms. The minimum absolute atomic E-state index is 0.241. The van der Waals surface area contributed by atoms with Crippen LogP contribution in [0.25, 0.3) is 0 Å². The van der Waals surface area contributed by atoms with Crippen LogP contribution in [-0.2, 0) is 0 Å². The molecule has 2 N–H and O–H groups in total. The van der Waals surface area contributed by atoms with Gasteiger partial charge in [0.25, 0.3) is 5.91 Å². The highest BCUT2D eigenvalue weighted by Gasteiger charge is 2.08. The van der Waals surface area contributed by atoms with Crippen molar-refractivity contribution in [2.75, 3.05) is 17.2 Å². The Morgan fingerprint density at radius 3 is 2.55 bits per heavy atom. The third-order valence-corrected chi connectivity index (χ3v) is 3.01. The van der Waals surface area contributed by atoms with Crippen molar-refractivity contribution in [3.63, 3.8) is 0 Å². The van der Waals surface area contributed by atoms with E-state index in [2.05, 4.69) is 27.8 Å². The van der Waals surface area contributed by atoms with Crippen LogP contribution in [0.2, 0.25) is 0 Å². The van der Waals surface area contributed by atoms with Gasteiger partial charge >= 0.3 is 0 Å². The van der Waals surface area contributed by atoms with Crippen LogP contribution in [0.5, 0.6) is 0 Å². The monoisotopic (exact) mass is 295 g/mol. The van der Waals surface area contributed by atoms with Crippen LogP contribution < -0.4 is 10.6 Å². The van der Waals surface area contributed by atoms with Crippen molar-refractivity contribution in [3.8, 4) is 6.07 Å². The molecule has 112 valence electrons. The van der Waals surface area contributed by atoms with Crippen molar-refractivity contribution >= 4 is 17.4 Å². The zero-order valence-corrected chi connectivity index (χ0v) is 12.3. The third kappa shape index (κ3) is 4.28. The number of carbonyl (C=O) groups is 1. The van der Waals surface area contributed by atoms with Gasteiger partial charge in [0.1, 0.15) is 5.82 Å². The van der Waals surface area contributed by atoms with Crippen molar-refractivity contribution in [1.29, 1.82) is 5.26 Å². The second kappa shape index (κ2) is 7.74. The van der Waals surface area contributed by atoms with E-state index in [1.54, 1.807) is 36.4 Å². The molecule has 1 aromatic heterocycles. The van der Waals surface area contributed by atoms with E-state index in [0.717, 1.165) is 19.4 Å². The fourth-order valence-electron chi connectivity index (χ4n) is 1.76. The predicted octanol–water partition coefficient (Wildman–Crippen LogP) is 2.81. The van der Waals surface area contributed by atoms with Crippen LogP contribution in [0.15, 0.2) is 36.4 Å². The molecule has 0 aliphatic rings. The average molecular weight is 295 g/mol. The van der Waals surface area contributed by atoms with Gasteiger partial charge in [-0.3, -0.25) is 4.79 Å². The summed E-state index contributed by atoms with van der Waals surface area (Å²) in [5.74, 6) is 0.320. The first-order valence-electron chi connectivity index (χ1n) is 7.12. The Labute approximate surface area is 129 Å². The number of nitrogens with one attached hydrogen (secondary N) is 2. The summed E-state index contributed by atoms with van der Waals surface area (Å²) in [5.41, 5.74) is 1.39. The van der Waals surface area contributed by atoms with E-state index in [4.69, 9.17) is 5.26 Å². The van der Waals surface area contributed by atoms with E-state index in [0.29, 0.717) is 17.1 Å². The fourth-order valence-corrected chi connectivity index (χ4v) is 1.76. The first-order chi connectivity index (χ1) is 10.7. The molecule has 6 nitrogen and oxygen atoms in total. The van der Waals surface area contributed by atoms with Crippen LogP contribution in [0.1, 0.15) is 35.8 Å². The molecule has 0 unspecified atom stereocenters. The molecule has 1 aromatic carbocycles. The normalized spacial score (nSPS) is 9.82. The number of benzene rings is 1. The van der Waals surface area contributed by atoms with Gasteiger partial charge in [-0.05, 0) is 42.8 Å². The maximum Gasteiger partial charge on any atom is 0.276 e. The first-order valence-corrected chi connectivity index (χ1v) is 7.12. The SMILES string of the molecule is CCCCNc1ccc(C(=O)Nc2ccc(C#N)cc2)nn1. The van der Waals surface area contributed by atoms with E-state index in [1.807, 2.05) is 6.07 Å². The van der Waals surface area contributed by atoms with Gasteiger partial charge in [-0.15, -0.1) is 10.2 Å².